The van der Waals surface area contributed by atoms with Gasteiger partial charge in [-0.25, -0.2) is 0 Å². The number of rotatable bonds is 1. The molecule has 2 heterocycles. The van der Waals surface area contributed by atoms with Gasteiger partial charge in [-0.2, -0.15) is 0 Å². The van der Waals surface area contributed by atoms with Crippen molar-refractivity contribution in [2.75, 3.05) is 19.7 Å². The smallest absolute Gasteiger partial charge is 0.253 e. The van der Waals surface area contributed by atoms with Crippen LogP contribution in [0.1, 0.15) is 35.2 Å². The number of aryl methyl sites for hydroxylation is 1. The van der Waals surface area contributed by atoms with Gasteiger partial charge in [0.15, 0.2) is 0 Å². The summed E-state index contributed by atoms with van der Waals surface area (Å²) in [4.78, 5) is 14.4. The number of carbonyl (C=O) groups is 1. The maximum Gasteiger partial charge on any atom is 0.253 e. The molecule has 1 unspecified atom stereocenters. The third kappa shape index (κ3) is 2.58. The molecular weight excluding hydrogens is 252 g/mol. The van der Waals surface area contributed by atoms with Gasteiger partial charge in [-0.1, -0.05) is 17.7 Å². The molecule has 0 saturated carbocycles. The summed E-state index contributed by atoms with van der Waals surface area (Å²) >= 11 is 0. The lowest BCUT2D eigenvalue weighted by Gasteiger charge is -2.38. The predicted molar refractivity (Wildman–Crippen MR) is 77.6 cm³/mol. The molecule has 2 aliphatic heterocycles. The molecule has 2 fully saturated rings. The van der Waals surface area contributed by atoms with E-state index >= 15 is 0 Å². The number of nitrogens with zero attached hydrogens (tertiary/aromatic N) is 1. The summed E-state index contributed by atoms with van der Waals surface area (Å²) in [5.74, 6) is 0.127. The summed E-state index contributed by atoms with van der Waals surface area (Å²) in [6.07, 6.45) is 2.73. The van der Waals surface area contributed by atoms with E-state index in [1.54, 1.807) is 0 Å². The molecule has 4 nitrogen and oxygen atoms in total. The molecule has 2 aliphatic rings. The van der Waals surface area contributed by atoms with Crippen molar-refractivity contribution in [1.82, 2.24) is 4.90 Å². The van der Waals surface area contributed by atoms with Crippen molar-refractivity contribution >= 4 is 5.91 Å². The van der Waals surface area contributed by atoms with E-state index in [9.17, 15) is 4.79 Å². The molecule has 1 atom stereocenters. The van der Waals surface area contributed by atoms with Crippen LogP contribution in [0.5, 0.6) is 0 Å². The first kappa shape index (κ1) is 13.6. The van der Waals surface area contributed by atoms with Crippen LogP contribution < -0.4 is 5.73 Å². The van der Waals surface area contributed by atoms with Crippen molar-refractivity contribution in [3.63, 3.8) is 0 Å². The van der Waals surface area contributed by atoms with Crippen LogP contribution in [-0.2, 0) is 4.74 Å². The lowest BCUT2D eigenvalue weighted by atomic mass is 9.87. The summed E-state index contributed by atoms with van der Waals surface area (Å²) in [5.41, 5.74) is 7.82. The topological polar surface area (TPSA) is 55.6 Å². The predicted octanol–water partition coefficient (Wildman–Crippen LogP) is 1.72. The average molecular weight is 274 g/mol. The molecule has 108 valence electrons. The van der Waals surface area contributed by atoms with E-state index in [0.29, 0.717) is 6.61 Å². The summed E-state index contributed by atoms with van der Waals surface area (Å²) in [5, 5.41) is 0. The molecule has 20 heavy (non-hydrogen) atoms. The van der Waals surface area contributed by atoms with E-state index in [1.807, 2.05) is 36.1 Å². The van der Waals surface area contributed by atoms with Crippen molar-refractivity contribution in [2.45, 2.75) is 37.8 Å². The van der Waals surface area contributed by atoms with Crippen LogP contribution in [0.4, 0.5) is 0 Å². The molecule has 0 radical (unpaired) electrons. The highest BCUT2D eigenvalue weighted by molar-refractivity contribution is 5.94. The molecule has 4 heteroatoms. The van der Waals surface area contributed by atoms with Gasteiger partial charge in [0.2, 0.25) is 0 Å². The number of piperidine rings is 1. The van der Waals surface area contributed by atoms with Gasteiger partial charge in [-0.05, 0) is 38.3 Å². The first-order valence-corrected chi connectivity index (χ1v) is 7.33. The van der Waals surface area contributed by atoms with Crippen molar-refractivity contribution in [1.29, 1.82) is 0 Å². The Balaban J connectivity index is 1.63. The molecular formula is C16H22N2O2. The normalized spacial score (nSPS) is 25.1. The fourth-order valence-corrected chi connectivity index (χ4v) is 3.22. The molecule has 1 spiro atoms. The second kappa shape index (κ2) is 5.19. The van der Waals surface area contributed by atoms with Crippen LogP contribution in [0.25, 0.3) is 0 Å². The zero-order valence-electron chi connectivity index (χ0n) is 12.0. The molecule has 1 amide bonds. The number of carbonyl (C=O) groups excluding carboxylic acids is 1. The summed E-state index contributed by atoms with van der Waals surface area (Å²) < 4.78 is 5.88. The van der Waals surface area contributed by atoms with Crippen molar-refractivity contribution in [2.24, 2.45) is 5.73 Å². The number of benzene rings is 1. The quantitative estimate of drug-likeness (QED) is 0.848. The Hall–Kier alpha value is -1.39. The fourth-order valence-electron chi connectivity index (χ4n) is 3.22. The summed E-state index contributed by atoms with van der Waals surface area (Å²) in [6, 6.07) is 7.94. The Labute approximate surface area is 119 Å². The second-order valence-corrected chi connectivity index (χ2v) is 6.12. The van der Waals surface area contributed by atoms with E-state index in [4.69, 9.17) is 10.5 Å². The molecule has 2 N–H and O–H groups in total. The van der Waals surface area contributed by atoms with Crippen LogP contribution in [0.3, 0.4) is 0 Å². The number of hydrogen-bond acceptors (Lipinski definition) is 3. The SMILES string of the molecule is Cc1ccc(C(=O)N2CCC3(CC2)CC(N)CO3)cc1. The largest absolute Gasteiger partial charge is 0.373 e. The highest BCUT2D eigenvalue weighted by atomic mass is 16.5. The number of amides is 1. The minimum Gasteiger partial charge on any atom is -0.373 e. The monoisotopic (exact) mass is 274 g/mol. The van der Waals surface area contributed by atoms with E-state index in [-0.39, 0.29) is 17.6 Å². The fraction of sp³-hybridized carbons (Fsp3) is 0.562. The van der Waals surface area contributed by atoms with Crippen molar-refractivity contribution in [3.8, 4) is 0 Å². The molecule has 1 aromatic carbocycles. The minimum absolute atomic E-state index is 0.0660. The van der Waals surface area contributed by atoms with Gasteiger partial charge in [-0.3, -0.25) is 4.79 Å². The average Bonchev–Trinajstić information content (AvgIpc) is 2.81. The van der Waals surface area contributed by atoms with E-state index in [0.717, 1.165) is 37.9 Å². The maximum absolute atomic E-state index is 12.4. The molecule has 0 bridgehead atoms. The Morgan fingerprint density at radius 1 is 1.30 bits per heavy atom. The van der Waals surface area contributed by atoms with Crippen LogP contribution in [0.2, 0.25) is 0 Å². The van der Waals surface area contributed by atoms with Crippen molar-refractivity contribution in [3.05, 3.63) is 35.4 Å². The van der Waals surface area contributed by atoms with Gasteiger partial charge in [0.1, 0.15) is 0 Å². The Bertz CT molecular complexity index is 490. The van der Waals surface area contributed by atoms with Gasteiger partial charge >= 0.3 is 0 Å². The van der Waals surface area contributed by atoms with Crippen LogP contribution >= 0.6 is 0 Å². The Morgan fingerprint density at radius 2 is 1.95 bits per heavy atom. The Morgan fingerprint density at radius 3 is 2.50 bits per heavy atom. The van der Waals surface area contributed by atoms with Crippen LogP contribution in [0.15, 0.2) is 24.3 Å². The lowest BCUT2D eigenvalue weighted by molar-refractivity contribution is -0.0388. The van der Waals surface area contributed by atoms with Gasteiger partial charge in [0.05, 0.1) is 12.2 Å². The molecule has 2 saturated heterocycles. The summed E-state index contributed by atoms with van der Waals surface area (Å²) in [6.45, 7) is 4.21. The van der Waals surface area contributed by atoms with Gasteiger partial charge in [0, 0.05) is 24.7 Å². The van der Waals surface area contributed by atoms with Crippen molar-refractivity contribution < 1.29 is 9.53 Å². The van der Waals surface area contributed by atoms with E-state index in [1.165, 1.54) is 5.56 Å². The number of hydrogen-bond donors (Lipinski definition) is 1. The highest BCUT2D eigenvalue weighted by Crippen LogP contribution is 2.35. The number of nitrogens with two attached hydrogens (primary N) is 1. The van der Waals surface area contributed by atoms with Crippen LogP contribution in [0, 0.1) is 6.92 Å². The second-order valence-electron chi connectivity index (χ2n) is 6.12. The van der Waals surface area contributed by atoms with Gasteiger partial charge in [-0.15, -0.1) is 0 Å². The third-order valence-electron chi connectivity index (χ3n) is 4.50. The minimum atomic E-state index is -0.0660. The van der Waals surface area contributed by atoms with Gasteiger partial charge < -0.3 is 15.4 Å². The first-order chi connectivity index (χ1) is 9.58. The first-order valence-electron chi connectivity index (χ1n) is 7.33. The standard InChI is InChI=1S/C16H22N2O2/c1-12-2-4-13(5-3-12)15(19)18-8-6-16(7-9-18)10-14(17)11-20-16/h2-5,14H,6-11,17H2,1H3. The molecule has 0 aliphatic carbocycles. The molecule has 3 rings (SSSR count). The maximum atomic E-state index is 12.4. The van der Waals surface area contributed by atoms with Crippen LogP contribution in [-0.4, -0.2) is 42.1 Å². The number of likely N-dealkylation sites (tertiary alicyclic amines) is 1. The third-order valence-corrected chi connectivity index (χ3v) is 4.50. The molecule has 1 aromatic rings. The Kier molecular flexibility index (Phi) is 3.52. The van der Waals surface area contributed by atoms with E-state index in [2.05, 4.69) is 0 Å². The highest BCUT2D eigenvalue weighted by Gasteiger charge is 2.42. The zero-order chi connectivity index (χ0) is 14.2. The van der Waals surface area contributed by atoms with Gasteiger partial charge in [0.25, 0.3) is 5.91 Å². The lowest BCUT2D eigenvalue weighted by Crippen LogP contribution is -2.46. The molecule has 0 aromatic heterocycles. The van der Waals surface area contributed by atoms with E-state index < -0.39 is 0 Å². The summed E-state index contributed by atoms with van der Waals surface area (Å²) in [7, 11) is 0. The number of ether oxygens (including phenoxy) is 1. The zero-order valence-corrected chi connectivity index (χ0v) is 12.0.